The SMILES string of the molecule is Oc1ccc(C2CCN(Cc3c[nH]c4ccccc34)C2)c(O)c1.Oc1ccc(C2CCN(Cc3c[nH]c4ccccc34)C2)cc1.Oc1ccc(C2CCN(Cc3c[nH]c4ccccc34)C2)cc1O.Oc1cccc(C2CCN(Cc3c[nH]c4ccccc34)C2)c1.Oc1cccc(C2CCN(Cc3c[nH]c4ccccc34)C2)c1O.Oc1ccccc1C1CCN(Cc2c[nH]c3ccccc23)C1. The standard InChI is InChI=1S/3C19H20N2O2.3C19H20N2O/c22-18-7-3-5-16(19(18)23)13-8-9-21(11-13)12-14-10-20-17-6-2-1-4-15(14)17;22-15-5-6-17(19(23)9-15)13-7-8-21(11-13)12-14-10-20-18-4-2-1-3-16(14)18;22-18-6-5-13(9-19(18)23)14-7-8-21(11-14)12-15-10-20-17-4-2-1-3-16(15)17;22-19-8-4-2-6-17(19)14-9-10-21(12-14)13-15-11-20-18-7-3-1-5-16(15)18;22-17-5-3-4-14(10-17)15-8-9-21(12-15)13-16-11-20-19-7-2-1-6-18(16)19;22-17-7-5-14(6-8-17)15-9-10-21(12-15)13-16-11-20-19-4-2-1-3-18(16)19/h1-7,10,13,20,22-23H,8-9,11-12H2;1-6,9-10,13,20,22-23H,7-8,11-12H2;1-6,9-10,14,20,22-23H,7-8,11-12H2;1-8,11,14,20,22H,9-10,12-13H2;1-7,10-11,15,20,22H,8-9,12-13H2;1-8,11,15,20,22H,9-10,12-13H2. The summed E-state index contributed by atoms with van der Waals surface area (Å²) in [6.07, 6.45) is 19.2. The molecule has 6 aliphatic heterocycles. The van der Waals surface area contributed by atoms with Gasteiger partial charge in [-0.05, 0) is 248 Å². The molecule has 6 aliphatic rings. The van der Waals surface area contributed by atoms with Crippen molar-refractivity contribution in [1.29, 1.82) is 0 Å². The molecule has 6 saturated heterocycles. The van der Waals surface area contributed by atoms with E-state index in [2.05, 4.69) is 248 Å². The maximum Gasteiger partial charge on any atom is 0.161 e. The summed E-state index contributed by atoms with van der Waals surface area (Å²) in [7, 11) is 0. The number of aromatic nitrogens is 6. The summed E-state index contributed by atoms with van der Waals surface area (Å²) >= 11 is 0. The van der Waals surface area contributed by atoms with E-state index in [0.29, 0.717) is 46.8 Å². The highest BCUT2D eigenvalue weighted by Crippen LogP contribution is 2.43. The Morgan fingerprint density at radius 1 is 0.207 bits per heavy atom. The van der Waals surface area contributed by atoms with Crippen LogP contribution in [0.25, 0.3) is 65.4 Å². The summed E-state index contributed by atoms with van der Waals surface area (Å²) in [5.74, 6) is 3.91. The number of aromatic amines is 6. The second kappa shape index (κ2) is 41.5. The van der Waals surface area contributed by atoms with Crippen LogP contribution in [0.5, 0.6) is 51.7 Å². The zero-order valence-electron chi connectivity index (χ0n) is 76.1. The third kappa shape index (κ3) is 21.4. The summed E-state index contributed by atoms with van der Waals surface area (Å²) in [6.45, 7) is 18.1. The van der Waals surface area contributed by atoms with E-state index in [9.17, 15) is 46.0 Å². The lowest BCUT2D eigenvalue weighted by Crippen LogP contribution is -2.19. The molecule has 0 spiro atoms. The molecule has 6 fully saturated rings. The number of phenols is 9. The number of hydrogen-bond donors (Lipinski definition) is 15. The van der Waals surface area contributed by atoms with Gasteiger partial charge in [-0.25, -0.2) is 0 Å². The van der Waals surface area contributed by atoms with Crippen molar-refractivity contribution in [3.63, 3.8) is 0 Å². The topological polar surface area (TPSA) is 296 Å². The molecule has 690 valence electrons. The molecular formula is C114H120N12O9. The molecule has 135 heavy (non-hydrogen) atoms. The van der Waals surface area contributed by atoms with Crippen molar-refractivity contribution in [2.45, 2.75) is 113 Å². The molecule has 21 heteroatoms. The van der Waals surface area contributed by atoms with Crippen molar-refractivity contribution >= 4 is 65.4 Å². The molecule has 18 aromatic rings. The van der Waals surface area contributed by atoms with Crippen molar-refractivity contribution in [3.05, 3.63) is 377 Å². The fourth-order valence-electron chi connectivity index (χ4n) is 21.4. The van der Waals surface area contributed by atoms with E-state index in [1.54, 1.807) is 48.5 Å². The minimum absolute atomic E-state index is 0.0300. The van der Waals surface area contributed by atoms with E-state index in [4.69, 9.17) is 0 Å². The normalized spacial score (nSPS) is 18.8. The maximum atomic E-state index is 10.1. The highest BCUT2D eigenvalue weighted by atomic mass is 16.3. The zero-order valence-corrected chi connectivity index (χ0v) is 76.1. The fourth-order valence-corrected chi connectivity index (χ4v) is 21.4. The molecule has 15 N–H and O–H groups in total. The van der Waals surface area contributed by atoms with Gasteiger partial charge in [0, 0.05) is 211 Å². The highest BCUT2D eigenvalue weighted by Gasteiger charge is 2.33. The van der Waals surface area contributed by atoms with Crippen LogP contribution in [0.4, 0.5) is 0 Å². The number of H-pyrrole nitrogens is 6. The number of nitrogens with one attached hydrogen (secondary N) is 6. The van der Waals surface area contributed by atoms with Crippen LogP contribution < -0.4 is 0 Å². The molecule has 0 bridgehead atoms. The number of aromatic hydroxyl groups is 9. The second-order valence-electron chi connectivity index (χ2n) is 37.4. The Morgan fingerprint density at radius 2 is 0.496 bits per heavy atom. The Hall–Kier alpha value is -14.2. The van der Waals surface area contributed by atoms with Crippen LogP contribution in [0, 0.1) is 0 Å². The van der Waals surface area contributed by atoms with Gasteiger partial charge >= 0.3 is 0 Å². The van der Waals surface area contributed by atoms with Crippen LogP contribution in [0.15, 0.2) is 310 Å². The minimum Gasteiger partial charge on any atom is -0.508 e. The summed E-state index contributed by atoms with van der Waals surface area (Å²) in [4.78, 5) is 34.8. The molecule has 0 saturated carbocycles. The van der Waals surface area contributed by atoms with Gasteiger partial charge in [0.15, 0.2) is 23.0 Å². The Kier molecular flexibility index (Phi) is 27.7. The van der Waals surface area contributed by atoms with E-state index in [0.717, 1.165) is 172 Å². The third-order valence-corrected chi connectivity index (χ3v) is 28.5. The molecule has 6 aromatic heterocycles. The predicted octanol–water partition coefficient (Wildman–Crippen LogP) is 22.3. The first-order valence-electron chi connectivity index (χ1n) is 47.6. The molecule has 0 radical (unpaired) electrons. The van der Waals surface area contributed by atoms with Crippen LogP contribution in [0.2, 0.25) is 0 Å². The van der Waals surface area contributed by atoms with Crippen molar-refractivity contribution in [2.24, 2.45) is 0 Å². The number of phenolic OH excluding ortho intramolecular Hbond substituents is 9. The molecule has 0 aliphatic carbocycles. The number of likely N-dealkylation sites (tertiary alicyclic amines) is 6. The average molecular weight is 1800 g/mol. The Balaban J connectivity index is 0.000000104. The molecule has 12 heterocycles. The van der Waals surface area contributed by atoms with Crippen molar-refractivity contribution in [1.82, 2.24) is 59.3 Å². The first-order chi connectivity index (χ1) is 66.0. The van der Waals surface area contributed by atoms with Gasteiger partial charge in [0.25, 0.3) is 0 Å². The molecule has 0 amide bonds. The lowest BCUT2D eigenvalue weighted by molar-refractivity contribution is 0.326. The van der Waals surface area contributed by atoms with Gasteiger partial charge < -0.3 is 75.9 Å². The van der Waals surface area contributed by atoms with Gasteiger partial charge in [0.2, 0.25) is 0 Å². The van der Waals surface area contributed by atoms with Gasteiger partial charge in [-0.3, -0.25) is 29.4 Å². The van der Waals surface area contributed by atoms with Crippen molar-refractivity contribution in [2.75, 3.05) is 78.5 Å². The first kappa shape index (κ1) is 90.0. The number of fused-ring (bicyclic) bond motifs is 6. The number of benzene rings is 12. The van der Waals surface area contributed by atoms with Gasteiger partial charge in [-0.1, -0.05) is 176 Å². The van der Waals surface area contributed by atoms with Crippen LogP contribution in [-0.4, -0.2) is 184 Å². The number of rotatable bonds is 18. The maximum absolute atomic E-state index is 10.1. The van der Waals surface area contributed by atoms with E-state index in [1.165, 1.54) is 128 Å². The lowest BCUT2D eigenvalue weighted by atomic mass is 9.97. The number of hydrogen-bond acceptors (Lipinski definition) is 15. The van der Waals surface area contributed by atoms with Gasteiger partial charge in [-0.15, -0.1) is 0 Å². The number of nitrogens with zero attached hydrogens (tertiary/aromatic N) is 6. The first-order valence-corrected chi connectivity index (χ1v) is 47.6. The predicted molar refractivity (Wildman–Crippen MR) is 539 cm³/mol. The zero-order chi connectivity index (χ0) is 92.3. The monoisotopic (exact) mass is 1800 g/mol. The van der Waals surface area contributed by atoms with E-state index in [-0.39, 0.29) is 40.4 Å². The van der Waals surface area contributed by atoms with Crippen molar-refractivity contribution in [3.8, 4) is 51.7 Å². The molecule has 6 unspecified atom stereocenters. The fraction of sp³-hybridized carbons (Fsp3) is 0.263. The molecule has 6 atom stereocenters. The summed E-state index contributed by atoms with van der Waals surface area (Å²) in [6, 6.07) is 89.0. The molecule has 12 aromatic carbocycles. The van der Waals surface area contributed by atoms with Crippen LogP contribution in [0.3, 0.4) is 0 Å². The summed E-state index contributed by atoms with van der Waals surface area (Å²) in [5.41, 5.74) is 21.8. The van der Waals surface area contributed by atoms with E-state index in [1.807, 2.05) is 60.7 Å². The smallest absolute Gasteiger partial charge is 0.161 e. The lowest BCUT2D eigenvalue weighted by Gasteiger charge is -2.16. The largest absolute Gasteiger partial charge is 0.508 e. The highest BCUT2D eigenvalue weighted by molar-refractivity contribution is 5.87. The minimum atomic E-state index is -0.0533. The molecule has 24 rings (SSSR count). The summed E-state index contributed by atoms with van der Waals surface area (Å²) < 4.78 is 0. The second-order valence-corrected chi connectivity index (χ2v) is 37.4. The van der Waals surface area contributed by atoms with E-state index >= 15 is 0 Å². The van der Waals surface area contributed by atoms with Crippen molar-refractivity contribution < 1.29 is 46.0 Å². The number of para-hydroxylation sites is 8. The van der Waals surface area contributed by atoms with Gasteiger partial charge in [0.1, 0.15) is 28.7 Å². The molecular weight excluding hydrogens is 1680 g/mol. The molecule has 21 nitrogen and oxygen atoms in total. The van der Waals surface area contributed by atoms with Gasteiger partial charge in [0.05, 0.1) is 0 Å². The third-order valence-electron chi connectivity index (χ3n) is 28.5. The summed E-state index contributed by atoms with van der Waals surface area (Å²) in [5, 5.41) is 95.3. The van der Waals surface area contributed by atoms with Gasteiger partial charge in [-0.2, -0.15) is 0 Å². The van der Waals surface area contributed by atoms with E-state index < -0.39 is 0 Å². The average Bonchev–Trinajstić information content (AvgIpc) is 1.69. The Bertz CT molecular complexity index is 7030. The quantitative estimate of drug-likeness (QED) is 0.0355. The Morgan fingerprint density at radius 3 is 0.867 bits per heavy atom. The van der Waals surface area contributed by atoms with Crippen LogP contribution in [-0.2, 0) is 39.3 Å². The Labute approximate surface area is 786 Å². The van der Waals surface area contributed by atoms with Crippen LogP contribution >= 0.6 is 0 Å². The van der Waals surface area contributed by atoms with Crippen LogP contribution in [0.1, 0.15) is 141 Å².